The fraction of sp³-hybridized carbons (Fsp3) is 0.941. The molecule has 2 aliphatic rings. The fourth-order valence-electron chi connectivity index (χ4n) is 3.90. The molecular weight excluding hydrogens is 262 g/mol. The molecule has 2 N–H and O–H groups in total. The Bertz CT molecular complexity index is 314. The zero-order chi connectivity index (χ0) is 15.1. The number of nitrogens with zero attached hydrogens (tertiary/aromatic N) is 1. The standard InChI is InChI=1S/C17H33N3O/c1-3-6-17(7-9-18-10-8-17)16(21)19-13-15(2)14-20-11-4-5-12-20/h15,18H,3-14H2,1-2H3,(H,19,21). The Morgan fingerprint density at radius 3 is 2.57 bits per heavy atom. The Morgan fingerprint density at radius 2 is 1.95 bits per heavy atom. The summed E-state index contributed by atoms with van der Waals surface area (Å²) in [5.41, 5.74) is -0.104. The van der Waals surface area contributed by atoms with E-state index in [1.54, 1.807) is 0 Å². The summed E-state index contributed by atoms with van der Waals surface area (Å²) in [6, 6.07) is 0. The molecule has 122 valence electrons. The highest BCUT2D eigenvalue weighted by molar-refractivity contribution is 5.82. The summed E-state index contributed by atoms with van der Waals surface area (Å²) in [7, 11) is 0. The molecule has 1 unspecified atom stereocenters. The third kappa shape index (κ3) is 4.68. The fourth-order valence-corrected chi connectivity index (χ4v) is 3.90. The Morgan fingerprint density at radius 1 is 1.29 bits per heavy atom. The lowest BCUT2D eigenvalue weighted by atomic mass is 9.74. The molecule has 2 heterocycles. The molecule has 2 rings (SSSR count). The van der Waals surface area contributed by atoms with Gasteiger partial charge in [0.25, 0.3) is 0 Å². The summed E-state index contributed by atoms with van der Waals surface area (Å²) in [4.78, 5) is 15.2. The van der Waals surface area contributed by atoms with Crippen molar-refractivity contribution >= 4 is 5.91 Å². The number of hydrogen-bond acceptors (Lipinski definition) is 3. The van der Waals surface area contributed by atoms with E-state index >= 15 is 0 Å². The number of carbonyl (C=O) groups is 1. The van der Waals surface area contributed by atoms with Crippen molar-refractivity contribution in [1.29, 1.82) is 0 Å². The van der Waals surface area contributed by atoms with E-state index in [0.717, 1.165) is 51.9 Å². The molecule has 0 spiro atoms. The minimum absolute atomic E-state index is 0.104. The van der Waals surface area contributed by atoms with E-state index in [1.807, 2.05) is 0 Å². The number of nitrogens with one attached hydrogen (secondary N) is 2. The Kier molecular flexibility index (Phi) is 6.49. The maximum atomic E-state index is 12.7. The molecule has 0 aliphatic carbocycles. The lowest BCUT2D eigenvalue weighted by Gasteiger charge is -2.36. The number of amides is 1. The van der Waals surface area contributed by atoms with Crippen molar-refractivity contribution in [3.63, 3.8) is 0 Å². The van der Waals surface area contributed by atoms with Crippen LogP contribution in [-0.2, 0) is 4.79 Å². The van der Waals surface area contributed by atoms with Crippen molar-refractivity contribution in [2.75, 3.05) is 39.3 Å². The molecule has 4 nitrogen and oxygen atoms in total. The van der Waals surface area contributed by atoms with Crippen LogP contribution in [0.4, 0.5) is 0 Å². The van der Waals surface area contributed by atoms with E-state index < -0.39 is 0 Å². The van der Waals surface area contributed by atoms with Gasteiger partial charge in [0.15, 0.2) is 0 Å². The number of hydrogen-bond donors (Lipinski definition) is 2. The third-order valence-electron chi connectivity index (χ3n) is 5.15. The monoisotopic (exact) mass is 295 g/mol. The molecule has 0 aromatic rings. The molecule has 0 aromatic heterocycles. The largest absolute Gasteiger partial charge is 0.355 e. The maximum Gasteiger partial charge on any atom is 0.226 e. The second-order valence-corrected chi connectivity index (χ2v) is 7.10. The van der Waals surface area contributed by atoms with Crippen LogP contribution in [0.3, 0.4) is 0 Å². The van der Waals surface area contributed by atoms with Crippen molar-refractivity contribution in [3.05, 3.63) is 0 Å². The Labute approximate surface area is 130 Å². The van der Waals surface area contributed by atoms with Crippen LogP contribution in [0.2, 0.25) is 0 Å². The van der Waals surface area contributed by atoms with Crippen LogP contribution in [0, 0.1) is 11.3 Å². The minimum atomic E-state index is -0.104. The SMILES string of the molecule is CCCC1(C(=O)NCC(C)CN2CCCC2)CCNCC1. The Balaban J connectivity index is 1.78. The molecular formula is C17H33N3O. The predicted molar refractivity (Wildman–Crippen MR) is 87.3 cm³/mol. The van der Waals surface area contributed by atoms with Crippen LogP contribution in [0.1, 0.15) is 52.4 Å². The van der Waals surface area contributed by atoms with Gasteiger partial charge >= 0.3 is 0 Å². The normalized spacial score (nSPS) is 23.9. The molecule has 0 aromatic carbocycles. The first-order valence-electron chi connectivity index (χ1n) is 8.88. The van der Waals surface area contributed by atoms with Crippen molar-refractivity contribution in [3.8, 4) is 0 Å². The van der Waals surface area contributed by atoms with Gasteiger partial charge in [-0.3, -0.25) is 4.79 Å². The predicted octanol–water partition coefficient (Wildman–Crippen LogP) is 2.00. The molecule has 1 atom stereocenters. The second-order valence-electron chi connectivity index (χ2n) is 7.10. The lowest BCUT2D eigenvalue weighted by Crippen LogP contribution is -2.48. The third-order valence-corrected chi connectivity index (χ3v) is 5.15. The summed E-state index contributed by atoms with van der Waals surface area (Å²) in [5, 5.41) is 6.64. The molecule has 0 radical (unpaired) electrons. The minimum Gasteiger partial charge on any atom is -0.355 e. The van der Waals surface area contributed by atoms with E-state index in [0.29, 0.717) is 11.8 Å². The average Bonchev–Trinajstić information content (AvgIpc) is 2.99. The second kappa shape index (κ2) is 8.14. The maximum absolute atomic E-state index is 12.7. The molecule has 4 heteroatoms. The van der Waals surface area contributed by atoms with Crippen LogP contribution in [0.25, 0.3) is 0 Å². The number of likely N-dealkylation sites (tertiary alicyclic amines) is 1. The first-order valence-corrected chi connectivity index (χ1v) is 8.88. The van der Waals surface area contributed by atoms with Gasteiger partial charge in [-0.2, -0.15) is 0 Å². The van der Waals surface area contributed by atoms with E-state index in [-0.39, 0.29) is 5.41 Å². The van der Waals surface area contributed by atoms with Crippen LogP contribution in [-0.4, -0.2) is 50.1 Å². The van der Waals surface area contributed by atoms with Gasteiger partial charge in [0.1, 0.15) is 0 Å². The van der Waals surface area contributed by atoms with E-state index in [2.05, 4.69) is 29.4 Å². The Hall–Kier alpha value is -0.610. The molecule has 2 aliphatic heterocycles. The number of piperidine rings is 1. The van der Waals surface area contributed by atoms with Gasteiger partial charge in [-0.15, -0.1) is 0 Å². The van der Waals surface area contributed by atoms with E-state index in [1.165, 1.54) is 25.9 Å². The van der Waals surface area contributed by atoms with Crippen LogP contribution < -0.4 is 10.6 Å². The summed E-state index contributed by atoms with van der Waals surface area (Å²) >= 11 is 0. The molecule has 1 amide bonds. The first-order chi connectivity index (χ1) is 10.2. The highest BCUT2D eigenvalue weighted by atomic mass is 16.2. The first kappa shape index (κ1) is 16.8. The van der Waals surface area contributed by atoms with Crippen LogP contribution in [0.5, 0.6) is 0 Å². The molecule has 2 fully saturated rings. The highest BCUT2D eigenvalue weighted by Gasteiger charge is 2.38. The molecule has 0 saturated carbocycles. The highest BCUT2D eigenvalue weighted by Crippen LogP contribution is 2.34. The van der Waals surface area contributed by atoms with Gasteiger partial charge in [0.05, 0.1) is 5.41 Å². The zero-order valence-electron chi connectivity index (χ0n) is 13.9. The van der Waals surface area contributed by atoms with Crippen molar-refractivity contribution in [2.45, 2.75) is 52.4 Å². The van der Waals surface area contributed by atoms with Gasteiger partial charge < -0.3 is 15.5 Å². The van der Waals surface area contributed by atoms with Crippen molar-refractivity contribution in [1.82, 2.24) is 15.5 Å². The van der Waals surface area contributed by atoms with Crippen molar-refractivity contribution in [2.24, 2.45) is 11.3 Å². The van der Waals surface area contributed by atoms with E-state index in [4.69, 9.17) is 0 Å². The van der Waals surface area contributed by atoms with Crippen LogP contribution in [0.15, 0.2) is 0 Å². The summed E-state index contributed by atoms with van der Waals surface area (Å²) < 4.78 is 0. The number of carbonyl (C=O) groups excluding carboxylic acids is 1. The molecule has 2 saturated heterocycles. The quantitative estimate of drug-likeness (QED) is 0.755. The van der Waals surface area contributed by atoms with Crippen molar-refractivity contribution < 1.29 is 4.79 Å². The van der Waals surface area contributed by atoms with Gasteiger partial charge in [-0.05, 0) is 64.2 Å². The topological polar surface area (TPSA) is 44.4 Å². The lowest BCUT2D eigenvalue weighted by molar-refractivity contribution is -0.133. The summed E-state index contributed by atoms with van der Waals surface area (Å²) in [6.07, 6.45) is 6.79. The smallest absolute Gasteiger partial charge is 0.226 e. The average molecular weight is 295 g/mol. The van der Waals surface area contributed by atoms with Crippen LogP contribution >= 0.6 is 0 Å². The van der Waals surface area contributed by atoms with Gasteiger partial charge in [-0.25, -0.2) is 0 Å². The number of rotatable bonds is 7. The molecule has 0 bridgehead atoms. The summed E-state index contributed by atoms with van der Waals surface area (Å²) in [5.74, 6) is 0.853. The van der Waals surface area contributed by atoms with Gasteiger partial charge in [0, 0.05) is 13.1 Å². The van der Waals surface area contributed by atoms with E-state index in [9.17, 15) is 4.79 Å². The zero-order valence-corrected chi connectivity index (χ0v) is 13.9. The van der Waals surface area contributed by atoms with Gasteiger partial charge in [0.2, 0.25) is 5.91 Å². The van der Waals surface area contributed by atoms with Gasteiger partial charge in [-0.1, -0.05) is 20.3 Å². The summed E-state index contributed by atoms with van der Waals surface area (Å²) in [6.45, 7) is 10.8. The molecule has 21 heavy (non-hydrogen) atoms.